The average molecular weight is 422 g/mol. The minimum Gasteiger partial charge on any atom is -0.359 e. The van der Waals surface area contributed by atoms with Crippen LogP contribution >= 0.6 is 0 Å². The molecule has 162 valence electrons. The van der Waals surface area contributed by atoms with E-state index < -0.39 is 0 Å². The fourth-order valence-corrected chi connectivity index (χ4v) is 4.06. The Morgan fingerprint density at radius 3 is 2.65 bits per heavy atom. The number of carbonyl (C=O) groups is 1. The first-order chi connectivity index (χ1) is 14.8. The Labute approximate surface area is 180 Å². The topological polar surface area (TPSA) is 93.3 Å². The smallest absolute Gasteiger partial charge is 0.347 e. The van der Waals surface area contributed by atoms with Crippen LogP contribution < -0.4 is 11.0 Å². The first-order valence-corrected chi connectivity index (χ1v) is 10.5. The van der Waals surface area contributed by atoms with Crippen molar-refractivity contribution < 1.29 is 9.32 Å². The maximum atomic E-state index is 12.9. The normalized spacial score (nSPS) is 13.2. The molecule has 8 heteroatoms. The summed E-state index contributed by atoms with van der Waals surface area (Å²) in [6.07, 6.45) is 0.860. The molecule has 0 atom stereocenters. The summed E-state index contributed by atoms with van der Waals surface area (Å²) in [5.74, 6) is 1.46. The number of hydrogen-bond donors (Lipinski definition) is 1. The Hall–Kier alpha value is -3.42. The van der Waals surface area contributed by atoms with Crippen molar-refractivity contribution in [3.63, 3.8) is 0 Å². The van der Waals surface area contributed by atoms with Gasteiger partial charge in [-0.25, -0.2) is 4.79 Å². The summed E-state index contributed by atoms with van der Waals surface area (Å²) in [4.78, 5) is 30.8. The van der Waals surface area contributed by atoms with Crippen molar-refractivity contribution in [1.29, 1.82) is 0 Å². The fraction of sp³-hybridized carbons (Fsp3) is 0.391. The predicted molar refractivity (Wildman–Crippen MR) is 117 cm³/mol. The molecule has 0 unspecified atom stereocenters. The lowest BCUT2D eigenvalue weighted by atomic mass is 10.1. The lowest BCUT2D eigenvalue weighted by molar-refractivity contribution is -0.132. The lowest BCUT2D eigenvalue weighted by Crippen LogP contribution is -2.37. The van der Waals surface area contributed by atoms with Gasteiger partial charge in [-0.15, -0.1) is 0 Å². The van der Waals surface area contributed by atoms with Gasteiger partial charge in [-0.2, -0.15) is 4.98 Å². The molecule has 0 bridgehead atoms. The number of fused-ring (bicyclic) bond motifs is 1. The molecule has 1 aliphatic heterocycles. The van der Waals surface area contributed by atoms with Crippen molar-refractivity contribution in [1.82, 2.24) is 19.6 Å². The lowest BCUT2D eigenvalue weighted by Gasteiger charge is -2.26. The summed E-state index contributed by atoms with van der Waals surface area (Å²) in [6, 6.07) is 7.95. The van der Waals surface area contributed by atoms with Gasteiger partial charge in [0.1, 0.15) is 5.76 Å². The molecule has 2 aromatic heterocycles. The fourth-order valence-electron chi connectivity index (χ4n) is 4.06. The highest BCUT2D eigenvalue weighted by molar-refractivity contribution is 5.77. The number of rotatable bonds is 5. The first kappa shape index (κ1) is 20.8. The van der Waals surface area contributed by atoms with Crippen LogP contribution in [0.3, 0.4) is 0 Å². The molecule has 31 heavy (non-hydrogen) atoms. The van der Waals surface area contributed by atoms with Gasteiger partial charge in [-0.3, -0.25) is 9.36 Å². The molecule has 1 N–H and O–H groups in total. The Morgan fingerprint density at radius 1 is 1.19 bits per heavy atom. The second kappa shape index (κ2) is 8.37. The summed E-state index contributed by atoms with van der Waals surface area (Å²) in [5, 5.41) is 7.61. The highest BCUT2D eigenvalue weighted by atomic mass is 16.5. The van der Waals surface area contributed by atoms with E-state index in [4.69, 9.17) is 4.52 Å². The van der Waals surface area contributed by atoms with Crippen LogP contribution in [0, 0.1) is 27.7 Å². The maximum absolute atomic E-state index is 12.9. The van der Waals surface area contributed by atoms with Gasteiger partial charge < -0.3 is 14.7 Å². The zero-order valence-electron chi connectivity index (χ0n) is 18.4. The summed E-state index contributed by atoms with van der Waals surface area (Å²) in [5.41, 5.74) is 5.33. The molecule has 0 aliphatic carbocycles. The van der Waals surface area contributed by atoms with Crippen molar-refractivity contribution >= 4 is 17.4 Å². The van der Waals surface area contributed by atoms with Gasteiger partial charge in [0.2, 0.25) is 5.91 Å². The van der Waals surface area contributed by atoms with Crippen LogP contribution in [-0.2, 0) is 24.3 Å². The number of amides is 1. The molecule has 4 rings (SSSR count). The molecular weight excluding hydrogens is 394 g/mol. The van der Waals surface area contributed by atoms with Crippen LogP contribution in [0.2, 0.25) is 0 Å². The third-order valence-electron chi connectivity index (χ3n) is 5.80. The minimum atomic E-state index is -0.314. The summed E-state index contributed by atoms with van der Waals surface area (Å²) in [6.45, 7) is 9.06. The van der Waals surface area contributed by atoms with E-state index in [2.05, 4.69) is 15.5 Å². The van der Waals surface area contributed by atoms with Gasteiger partial charge in [0.25, 0.3) is 0 Å². The summed E-state index contributed by atoms with van der Waals surface area (Å²) >= 11 is 0. The third kappa shape index (κ3) is 4.23. The van der Waals surface area contributed by atoms with Crippen molar-refractivity contribution in [2.75, 3.05) is 11.9 Å². The van der Waals surface area contributed by atoms with E-state index in [1.54, 1.807) is 16.4 Å². The summed E-state index contributed by atoms with van der Waals surface area (Å²) < 4.78 is 7.08. The van der Waals surface area contributed by atoms with Crippen LogP contribution in [0.15, 0.2) is 33.6 Å². The van der Waals surface area contributed by atoms with Crippen molar-refractivity contribution in [3.8, 4) is 0 Å². The van der Waals surface area contributed by atoms with E-state index in [0.29, 0.717) is 37.6 Å². The van der Waals surface area contributed by atoms with Crippen LogP contribution in [0.4, 0.5) is 11.5 Å². The average Bonchev–Trinajstić information content (AvgIpc) is 3.12. The molecule has 1 amide bonds. The molecule has 0 spiro atoms. The van der Waals surface area contributed by atoms with E-state index in [0.717, 1.165) is 33.8 Å². The van der Waals surface area contributed by atoms with Crippen LogP contribution in [0.5, 0.6) is 0 Å². The van der Waals surface area contributed by atoms with E-state index in [1.165, 1.54) is 0 Å². The Bertz CT molecular complexity index is 1170. The Morgan fingerprint density at radius 2 is 1.94 bits per heavy atom. The van der Waals surface area contributed by atoms with Gasteiger partial charge >= 0.3 is 5.69 Å². The molecule has 3 heterocycles. The standard InChI is InChI=1S/C23H27N5O3/c1-14-6-5-7-15(2)21(14)25-22-18-13-27(10-8-19(18)31-26-22)20(29)9-11-28-17(4)12-16(3)24-23(28)30/h5-7,12H,8-11,13H2,1-4H3,(H,25,26). The van der Waals surface area contributed by atoms with Crippen molar-refractivity contribution in [2.24, 2.45) is 0 Å². The minimum absolute atomic E-state index is 0.00301. The molecular formula is C23H27N5O3. The van der Waals surface area contributed by atoms with E-state index in [1.807, 2.05) is 45.0 Å². The van der Waals surface area contributed by atoms with E-state index >= 15 is 0 Å². The van der Waals surface area contributed by atoms with Crippen LogP contribution in [0.1, 0.15) is 40.3 Å². The Balaban J connectivity index is 1.47. The Kier molecular flexibility index (Phi) is 5.63. The molecule has 3 aromatic rings. The van der Waals surface area contributed by atoms with Crippen LogP contribution in [0.25, 0.3) is 0 Å². The van der Waals surface area contributed by atoms with Gasteiger partial charge in [-0.1, -0.05) is 23.4 Å². The first-order valence-electron chi connectivity index (χ1n) is 10.5. The van der Waals surface area contributed by atoms with Gasteiger partial charge in [0.05, 0.1) is 12.1 Å². The van der Waals surface area contributed by atoms with E-state index in [-0.39, 0.29) is 18.0 Å². The van der Waals surface area contributed by atoms with Gasteiger partial charge in [0, 0.05) is 43.0 Å². The zero-order chi connectivity index (χ0) is 22.1. The molecule has 0 saturated heterocycles. The van der Waals surface area contributed by atoms with Crippen molar-refractivity contribution in [2.45, 2.75) is 53.6 Å². The number of anilines is 2. The molecule has 0 radical (unpaired) electrons. The van der Waals surface area contributed by atoms with Gasteiger partial charge in [0.15, 0.2) is 5.82 Å². The number of aromatic nitrogens is 3. The second-order valence-corrected chi connectivity index (χ2v) is 8.11. The largest absolute Gasteiger partial charge is 0.359 e. The van der Waals surface area contributed by atoms with Crippen molar-refractivity contribution in [3.05, 3.63) is 68.6 Å². The quantitative estimate of drug-likeness (QED) is 0.680. The molecule has 0 saturated carbocycles. The molecule has 8 nitrogen and oxygen atoms in total. The molecule has 1 aliphatic rings. The van der Waals surface area contributed by atoms with E-state index in [9.17, 15) is 9.59 Å². The monoisotopic (exact) mass is 421 g/mol. The number of para-hydroxylation sites is 1. The van der Waals surface area contributed by atoms with Gasteiger partial charge in [-0.05, 0) is 44.9 Å². The molecule has 1 aromatic carbocycles. The third-order valence-corrected chi connectivity index (χ3v) is 5.80. The predicted octanol–water partition coefficient (Wildman–Crippen LogP) is 3.18. The number of benzene rings is 1. The number of carbonyl (C=O) groups excluding carboxylic acids is 1. The highest BCUT2D eigenvalue weighted by Gasteiger charge is 2.27. The number of nitrogens with zero attached hydrogens (tertiary/aromatic N) is 4. The zero-order valence-corrected chi connectivity index (χ0v) is 18.4. The highest BCUT2D eigenvalue weighted by Crippen LogP contribution is 2.31. The maximum Gasteiger partial charge on any atom is 0.347 e. The number of nitrogens with one attached hydrogen (secondary N) is 1. The summed E-state index contributed by atoms with van der Waals surface area (Å²) in [7, 11) is 0. The SMILES string of the molecule is Cc1cc(C)n(CCC(=O)N2CCc3onc(Nc4c(C)cccc4C)c3C2)c(=O)n1. The number of aryl methyl sites for hydroxylation is 4. The molecule has 0 fully saturated rings. The second-order valence-electron chi connectivity index (χ2n) is 8.11. The number of hydrogen-bond acceptors (Lipinski definition) is 6. The van der Waals surface area contributed by atoms with Crippen LogP contribution in [-0.4, -0.2) is 32.1 Å².